The third kappa shape index (κ3) is 69.1. The summed E-state index contributed by atoms with van der Waals surface area (Å²) in [6.45, 7) is 4.06. The molecule has 0 heterocycles. The maximum Gasteiger partial charge on any atom is 0.306 e. The number of esters is 2. The van der Waals surface area contributed by atoms with Crippen molar-refractivity contribution in [1.82, 2.24) is 0 Å². The number of carbonyl (C=O) groups is 2. The molecule has 0 aliphatic rings. The molecule has 0 aliphatic heterocycles. The second-order valence-electron chi connectivity index (χ2n) is 23.6. The van der Waals surface area contributed by atoms with E-state index in [1.165, 1.54) is 231 Å². The van der Waals surface area contributed by atoms with Gasteiger partial charge >= 0.3 is 11.9 Å². The van der Waals surface area contributed by atoms with E-state index < -0.39 is 6.10 Å². The Labute approximate surface area is 510 Å². The number of hydrogen-bond acceptors (Lipinski definition) is 5. The Morgan fingerprint density at radius 3 is 0.805 bits per heavy atom. The molecule has 0 spiro atoms. The van der Waals surface area contributed by atoms with Gasteiger partial charge in [0.2, 0.25) is 0 Å². The van der Waals surface area contributed by atoms with Gasteiger partial charge < -0.3 is 14.6 Å². The van der Waals surface area contributed by atoms with Crippen molar-refractivity contribution in [2.45, 2.75) is 354 Å². The molecule has 0 amide bonds. The zero-order valence-electron chi connectivity index (χ0n) is 54.2. The maximum absolute atomic E-state index is 12.4. The topological polar surface area (TPSA) is 72.8 Å². The molecule has 1 atom stereocenters. The van der Waals surface area contributed by atoms with Crippen LogP contribution in [-0.2, 0) is 19.1 Å². The van der Waals surface area contributed by atoms with Crippen molar-refractivity contribution in [3.05, 3.63) is 109 Å². The molecular formula is C77H134O5. The lowest BCUT2D eigenvalue weighted by Gasteiger charge is -2.15. The molecular weight excluding hydrogens is 1000 g/mol. The summed E-state index contributed by atoms with van der Waals surface area (Å²) >= 11 is 0. The zero-order chi connectivity index (χ0) is 59.1. The number of rotatable bonds is 65. The third-order valence-corrected chi connectivity index (χ3v) is 15.6. The summed E-state index contributed by atoms with van der Waals surface area (Å²) in [4.78, 5) is 24.7. The second kappa shape index (κ2) is 71.8. The van der Waals surface area contributed by atoms with Crippen LogP contribution in [0.2, 0.25) is 0 Å². The van der Waals surface area contributed by atoms with Crippen LogP contribution in [0.5, 0.6) is 0 Å². The van der Waals surface area contributed by atoms with Gasteiger partial charge in [-0.15, -0.1) is 0 Å². The molecule has 0 saturated heterocycles. The highest BCUT2D eigenvalue weighted by molar-refractivity contribution is 5.70. The van der Waals surface area contributed by atoms with Crippen molar-refractivity contribution in [1.29, 1.82) is 0 Å². The summed E-state index contributed by atoms with van der Waals surface area (Å²) in [6.07, 6.45) is 104. The fourth-order valence-corrected chi connectivity index (χ4v) is 10.3. The largest absolute Gasteiger partial charge is 0.462 e. The summed E-state index contributed by atoms with van der Waals surface area (Å²) in [5.41, 5.74) is 0. The van der Waals surface area contributed by atoms with Crippen LogP contribution in [0.4, 0.5) is 0 Å². The minimum atomic E-state index is -0.776. The molecule has 0 bridgehead atoms. The van der Waals surface area contributed by atoms with E-state index in [2.05, 4.69) is 123 Å². The van der Waals surface area contributed by atoms with Gasteiger partial charge in [-0.2, -0.15) is 0 Å². The molecule has 1 unspecified atom stereocenters. The lowest BCUT2D eigenvalue weighted by atomic mass is 10.0. The molecule has 0 aromatic heterocycles. The minimum Gasteiger partial charge on any atom is -0.462 e. The molecule has 0 aromatic carbocycles. The molecule has 0 rings (SSSR count). The van der Waals surface area contributed by atoms with E-state index in [-0.39, 0.29) is 25.2 Å². The van der Waals surface area contributed by atoms with Gasteiger partial charge in [0.1, 0.15) is 6.61 Å². The van der Waals surface area contributed by atoms with Crippen LogP contribution in [0, 0.1) is 0 Å². The molecule has 5 heteroatoms. The summed E-state index contributed by atoms with van der Waals surface area (Å²) < 4.78 is 10.8. The second-order valence-corrected chi connectivity index (χ2v) is 23.6. The van der Waals surface area contributed by atoms with Crippen LogP contribution in [0.25, 0.3) is 0 Å². The van der Waals surface area contributed by atoms with Gasteiger partial charge in [-0.1, -0.05) is 342 Å². The van der Waals surface area contributed by atoms with Gasteiger partial charge in [-0.25, -0.2) is 0 Å². The number of ether oxygens (including phenoxy) is 2. The van der Waals surface area contributed by atoms with Crippen LogP contribution in [-0.4, -0.2) is 36.4 Å². The van der Waals surface area contributed by atoms with Gasteiger partial charge in [0.25, 0.3) is 0 Å². The van der Waals surface area contributed by atoms with Gasteiger partial charge in [0, 0.05) is 12.8 Å². The zero-order valence-corrected chi connectivity index (χ0v) is 54.2. The van der Waals surface area contributed by atoms with Gasteiger partial charge in [-0.3, -0.25) is 9.59 Å². The quantitative estimate of drug-likeness (QED) is 0.0373. The van der Waals surface area contributed by atoms with Crippen LogP contribution in [0.15, 0.2) is 109 Å². The first kappa shape index (κ1) is 78.6. The lowest BCUT2D eigenvalue weighted by molar-refractivity contribution is -0.161. The predicted molar refractivity (Wildman–Crippen MR) is 362 cm³/mol. The Kier molecular flexibility index (Phi) is 68.8. The number of carbonyl (C=O) groups excluding carboxylic acids is 2. The van der Waals surface area contributed by atoms with E-state index in [0.29, 0.717) is 12.8 Å². The lowest BCUT2D eigenvalue weighted by Crippen LogP contribution is -2.28. The van der Waals surface area contributed by atoms with Crippen molar-refractivity contribution in [3.8, 4) is 0 Å². The highest BCUT2D eigenvalue weighted by Gasteiger charge is 2.16. The molecule has 0 aliphatic carbocycles. The fourth-order valence-electron chi connectivity index (χ4n) is 10.3. The number of aliphatic hydroxyl groups excluding tert-OH is 1. The molecule has 472 valence electrons. The SMILES string of the molecule is CC/C=C\C/C=C\C/C=C\C/C=C\C/C=C\C/C=C\C/C=C\C/C=C\CCCCCCCCCCCCCCCCCCC(=O)OC(CO)COC(=O)CCCCCCCCCCCCCCCCC/C=C\CCCCCCCCCC. The number of allylic oxidation sites excluding steroid dienone is 18. The van der Waals surface area contributed by atoms with E-state index >= 15 is 0 Å². The van der Waals surface area contributed by atoms with Crippen molar-refractivity contribution in [2.24, 2.45) is 0 Å². The molecule has 1 N–H and O–H groups in total. The fraction of sp³-hybridized carbons (Fsp3) is 0.740. The highest BCUT2D eigenvalue weighted by Crippen LogP contribution is 2.18. The molecule has 0 aromatic rings. The summed E-state index contributed by atoms with van der Waals surface area (Å²) in [6, 6.07) is 0. The number of unbranched alkanes of at least 4 members (excludes halogenated alkanes) is 39. The van der Waals surface area contributed by atoms with E-state index in [9.17, 15) is 14.7 Å². The van der Waals surface area contributed by atoms with Gasteiger partial charge in [0.15, 0.2) is 6.10 Å². The maximum atomic E-state index is 12.4. The first-order chi connectivity index (χ1) is 40.6. The number of hydrogen-bond donors (Lipinski definition) is 1. The Hall–Kier alpha value is -3.44. The smallest absolute Gasteiger partial charge is 0.306 e. The van der Waals surface area contributed by atoms with Crippen LogP contribution < -0.4 is 0 Å². The van der Waals surface area contributed by atoms with Gasteiger partial charge in [-0.05, 0) is 103 Å². The average molecular weight is 1140 g/mol. The Morgan fingerprint density at radius 2 is 0.524 bits per heavy atom. The van der Waals surface area contributed by atoms with Crippen molar-refractivity contribution < 1.29 is 24.2 Å². The molecule has 82 heavy (non-hydrogen) atoms. The summed E-state index contributed by atoms with van der Waals surface area (Å²) in [7, 11) is 0. The highest BCUT2D eigenvalue weighted by atomic mass is 16.6. The third-order valence-electron chi connectivity index (χ3n) is 15.6. The summed E-state index contributed by atoms with van der Waals surface area (Å²) in [5, 5.41) is 9.70. The van der Waals surface area contributed by atoms with Crippen molar-refractivity contribution >= 4 is 11.9 Å². The first-order valence-corrected chi connectivity index (χ1v) is 35.4. The van der Waals surface area contributed by atoms with E-state index in [0.717, 1.165) is 89.9 Å². The van der Waals surface area contributed by atoms with Gasteiger partial charge in [0.05, 0.1) is 6.61 Å². The standard InChI is InChI=1S/C77H134O5/c1-3-5-7-9-11-13-15-17-19-21-23-25-27-29-31-32-33-34-35-36-37-38-39-40-41-42-43-44-46-48-50-52-54-56-58-60-62-64-66-68-70-72-77(80)82-75(73-78)74-81-76(79)71-69-67-65-63-61-59-57-55-53-51-49-47-45-30-28-26-24-22-20-18-16-14-12-10-8-6-4-2/h5,7,11,13,17,19,22-25,29,31,33-34,36-37,39-40,75,78H,3-4,6,8-10,12,14-16,18,20-21,26-28,30,32,35,38,41-74H2,1-2H3/b7-5-,13-11-,19-17-,24-22-,25-23-,31-29-,34-33-,37-36-,40-39-. The van der Waals surface area contributed by atoms with Crippen LogP contribution in [0.3, 0.4) is 0 Å². The predicted octanol–water partition coefficient (Wildman–Crippen LogP) is 24.8. The minimum absolute atomic E-state index is 0.0653. The molecule has 0 saturated carbocycles. The molecule has 5 nitrogen and oxygen atoms in total. The monoisotopic (exact) mass is 1140 g/mol. The van der Waals surface area contributed by atoms with E-state index in [1.54, 1.807) is 0 Å². The Morgan fingerprint density at radius 1 is 0.293 bits per heavy atom. The Bertz CT molecular complexity index is 1570. The van der Waals surface area contributed by atoms with E-state index in [4.69, 9.17) is 9.47 Å². The molecule has 0 fully saturated rings. The molecule has 0 radical (unpaired) electrons. The average Bonchev–Trinajstić information content (AvgIpc) is 3.49. The van der Waals surface area contributed by atoms with Crippen molar-refractivity contribution in [3.63, 3.8) is 0 Å². The summed E-state index contributed by atoms with van der Waals surface area (Å²) in [5.74, 6) is -0.578. The Balaban J connectivity index is 3.47. The van der Waals surface area contributed by atoms with Crippen molar-refractivity contribution in [2.75, 3.05) is 13.2 Å². The number of aliphatic hydroxyl groups is 1. The van der Waals surface area contributed by atoms with E-state index in [1.807, 2.05) is 0 Å². The van der Waals surface area contributed by atoms with Crippen LogP contribution in [0.1, 0.15) is 348 Å². The first-order valence-electron chi connectivity index (χ1n) is 35.4. The normalized spacial score (nSPS) is 12.9. The van der Waals surface area contributed by atoms with Crippen LogP contribution >= 0.6 is 0 Å².